The number of aromatic nitrogens is 2. The van der Waals surface area contributed by atoms with Crippen LogP contribution in [0.1, 0.15) is 49.9 Å². The molecule has 0 radical (unpaired) electrons. The van der Waals surface area contributed by atoms with E-state index in [0.29, 0.717) is 11.5 Å². The molecule has 1 aliphatic rings. The van der Waals surface area contributed by atoms with Crippen LogP contribution in [0.4, 0.5) is 11.4 Å². The van der Waals surface area contributed by atoms with Gasteiger partial charge in [0.05, 0.1) is 5.52 Å². The Morgan fingerprint density at radius 3 is 1.75 bits per heavy atom. The van der Waals surface area contributed by atoms with Crippen molar-refractivity contribution in [2.45, 2.75) is 38.5 Å². The van der Waals surface area contributed by atoms with E-state index in [4.69, 9.17) is 9.72 Å². The molecule has 0 saturated carbocycles. The molecule has 56 heavy (non-hydrogen) atoms. The van der Waals surface area contributed by atoms with Crippen LogP contribution in [-0.4, -0.2) is 9.55 Å². The van der Waals surface area contributed by atoms with E-state index < -0.39 is 0 Å². The molecule has 9 rings (SSSR count). The van der Waals surface area contributed by atoms with Gasteiger partial charge in [-0.05, 0) is 65.0 Å². The molecule has 0 amide bonds. The standard InChI is InChI=1S/C50H41N4O.Pt/c1-49(2,36-16-7-5-8-17-36)38-30-39(50(3,4)37-18-9-6-10-19-37)32-42(31-38)53-29-28-52(35-53)40-20-13-22-43(33-40)55-44-23-14-21-41(34-44)54-47-26-12-11-24-45(47)46-25-15-27-51-48(46)54;/h5-32,35H,1-4H3;/q-3;. The Labute approximate surface area is 343 Å². The van der Waals surface area contributed by atoms with Gasteiger partial charge in [-0.1, -0.05) is 118 Å². The first-order chi connectivity index (χ1) is 26.8. The third kappa shape index (κ3) is 6.82. The van der Waals surface area contributed by atoms with E-state index in [0.717, 1.165) is 39.0 Å². The van der Waals surface area contributed by atoms with Crippen molar-refractivity contribution in [3.63, 3.8) is 0 Å². The molecule has 0 saturated heterocycles. The first-order valence-corrected chi connectivity index (χ1v) is 18.7. The van der Waals surface area contributed by atoms with Gasteiger partial charge in [-0.15, -0.1) is 48.8 Å². The number of fused-ring (bicyclic) bond motifs is 3. The van der Waals surface area contributed by atoms with E-state index in [2.05, 4.69) is 182 Å². The first-order valence-electron chi connectivity index (χ1n) is 18.7. The van der Waals surface area contributed by atoms with Crippen molar-refractivity contribution in [1.82, 2.24) is 9.55 Å². The minimum atomic E-state index is -0.215. The van der Waals surface area contributed by atoms with Gasteiger partial charge in [-0.2, -0.15) is 12.1 Å². The number of benzene rings is 6. The van der Waals surface area contributed by atoms with Gasteiger partial charge >= 0.3 is 0 Å². The maximum absolute atomic E-state index is 6.42. The maximum Gasteiger partial charge on any atom is 0.143 e. The Hall–Kier alpha value is -5.90. The van der Waals surface area contributed by atoms with Gasteiger partial charge in [0.15, 0.2) is 0 Å². The second kappa shape index (κ2) is 15.0. The summed E-state index contributed by atoms with van der Waals surface area (Å²) in [7, 11) is 0. The van der Waals surface area contributed by atoms with E-state index in [-0.39, 0.29) is 31.9 Å². The maximum atomic E-state index is 6.42. The summed E-state index contributed by atoms with van der Waals surface area (Å²) in [5.74, 6) is 1.20. The Morgan fingerprint density at radius 2 is 1.09 bits per heavy atom. The number of para-hydroxylation sites is 1. The molecule has 8 aromatic rings. The number of hydrogen-bond acceptors (Lipinski definition) is 4. The van der Waals surface area contributed by atoms with Gasteiger partial charge in [0, 0.05) is 66.1 Å². The first kappa shape index (κ1) is 37.0. The van der Waals surface area contributed by atoms with E-state index in [9.17, 15) is 0 Å². The van der Waals surface area contributed by atoms with Crippen molar-refractivity contribution in [3.05, 3.63) is 211 Å². The summed E-state index contributed by atoms with van der Waals surface area (Å²) >= 11 is 0. The van der Waals surface area contributed by atoms with Crippen LogP contribution in [0.2, 0.25) is 0 Å². The summed E-state index contributed by atoms with van der Waals surface area (Å²) in [5, 5.41) is 2.25. The topological polar surface area (TPSA) is 33.5 Å². The zero-order valence-corrected chi connectivity index (χ0v) is 34.0. The van der Waals surface area contributed by atoms with Crippen molar-refractivity contribution in [3.8, 4) is 17.2 Å². The van der Waals surface area contributed by atoms with Gasteiger partial charge in [0.2, 0.25) is 0 Å². The molecule has 6 aromatic carbocycles. The van der Waals surface area contributed by atoms with Crippen LogP contribution < -0.4 is 14.5 Å². The van der Waals surface area contributed by atoms with Crippen LogP contribution in [0.5, 0.6) is 11.5 Å². The minimum Gasteiger partial charge on any atom is -0.509 e. The van der Waals surface area contributed by atoms with Crippen LogP contribution in [0.25, 0.3) is 27.6 Å². The van der Waals surface area contributed by atoms with Gasteiger partial charge in [0.1, 0.15) is 5.65 Å². The average Bonchev–Trinajstić information content (AvgIpc) is 3.86. The normalized spacial score (nSPS) is 13.0. The fourth-order valence-electron chi connectivity index (χ4n) is 7.61. The molecular weight excluding hydrogens is 868 g/mol. The summed E-state index contributed by atoms with van der Waals surface area (Å²) in [6.45, 7) is 11.3. The van der Waals surface area contributed by atoms with Gasteiger partial charge in [-0.3, -0.25) is 0 Å². The van der Waals surface area contributed by atoms with Crippen molar-refractivity contribution in [1.29, 1.82) is 0 Å². The summed E-state index contributed by atoms with van der Waals surface area (Å²) in [4.78, 5) is 8.99. The Balaban J connectivity index is 0.00000441. The number of anilines is 2. The molecule has 280 valence electrons. The van der Waals surface area contributed by atoms with Crippen molar-refractivity contribution >= 4 is 33.3 Å². The Morgan fingerprint density at radius 1 is 0.536 bits per heavy atom. The minimum absolute atomic E-state index is 0. The molecule has 0 aliphatic carbocycles. The molecule has 0 N–H and O–H groups in total. The van der Waals surface area contributed by atoms with Crippen LogP contribution in [0.3, 0.4) is 0 Å². The number of hydrogen-bond donors (Lipinski definition) is 0. The predicted octanol–water partition coefficient (Wildman–Crippen LogP) is 12.1. The van der Waals surface area contributed by atoms with Gasteiger partial charge in [-0.25, -0.2) is 4.98 Å². The fraction of sp³-hybridized carbons (Fsp3) is 0.120. The summed E-state index contributed by atoms with van der Waals surface area (Å²) in [6, 6.07) is 59.9. The van der Waals surface area contributed by atoms with Crippen LogP contribution in [0.15, 0.2) is 170 Å². The summed E-state index contributed by atoms with van der Waals surface area (Å²) < 4.78 is 8.56. The zero-order valence-electron chi connectivity index (χ0n) is 31.8. The number of nitrogens with zero attached hydrogens (tertiary/aromatic N) is 4. The third-order valence-electron chi connectivity index (χ3n) is 11.0. The molecule has 1 aliphatic heterocycles. The second-order valence-corrected chi connectivity index (χ2v) is 15.1. The molecule has 0 unspecified atom stereocenters. The van der Waals surface area contributed by atoms with E-state index in [1.165, 1.54) is 22.3 Å². The Bertz CT molecular complexity index is 2560. The number of rotatable bonds is 9. The average molecular weight is 909 g/mol. The van der Waals surface area contributed by atoms with E-state index in [1.807, 2.05) is 48.7 Å². The van der Waals surface area contributed by atoms with Gasteiger partial charge in [0.25, 0.3) is 0 Å². The largest absolute Gasteiger partial charge is 0.509 e. The Kier molecular flexibility index (Phi) is 9.90. The quantitative estimate of drug-likeness (QED) is 0.135. The monoisotopic (exact) mass is 908 g/mol. The molecular formula is C50H41N4OPt-3. The predicted molar refractivity (Wildman–Crippen MR) is 225 cm³/mol. The molecule has 6 heteroatoms. The molecule has 3 heterocycles. The number of pyridine rings is 1. The molecule has 0 fully saturated rings. The van der Waals surface area contributed by atoms with E-state index >= 15 is 0 Å². The molecule has 0 spiro atoms. The smallest absolute Gasteiger partial charge is 0.143 e. The fourth-order valence-corrected chi connectivity index (χ4v) is 7.61. The van der Waals surface area contributed by atoms with Crippen LogP contribution in [-0.2, 0) is 31.9 Å². The molecule has 2 aromatic heterocycles. The third-order valence-corrected chi connectivity index (χ3v) is 11.0. The van der Waals surface area contributed by atoms with Crippen LogP contribution in [0, 0.1) is 18.8 Å². The molecule has 5 nitrogen and oxygen atoms in total. The van der Waals surface area contributed by atoms with Gasteiger partial charge < -0.3 is 19.1 Å². The number of ether oxygens (including phenoxy) is 1. The molecule has 0 atom stereocenters. The second-order valence-electron chi connectivity index (χ2n) is 15.1. The van der Waals surface area contributed by atoms with Crippen molar-refractivity contribution in [2.75, 3.05) is 9.80 Å². The zero-order chi connectivity index (χ0) is 37.6. The van der Waals surface area contributed by atoms with E-state index in [1.54, 1.807) is 0 Å². The SMILES string of the molecule is CC(C)(c1ccccc1)c1cc(N2C=CN(c3[c-]c(Oc4[c-]c(-n5c6ccccc6c6cccnc65)ccc4)ccc3)[CH-]2)cc(C(C)(C)c2ccccc2)c1.[Pt]. The van der Waals surface area contributed by atoms with Crippen LogP contribution >= 0.6 is 0 Å². The summed E-state index contributed by atoms with van der Waals surface area (Å²) in [5.41, 5.74) is 9.42. The summed E-state index contributed by atoms with van der Waals surface area (Å²) in [6.07, 6.45) is 6.00. The molecule has 0 bridgehead atoms. The van der Waals surface area contributed by atoms with Crippen molar-refractivity contribution < 1.29 is 25.8 Å². The van der Waals surface area contributed by atoms with Crippen molar-refractivity contribution in [2.24, 2.45) is 0 Å².